The van der Waals surface area contributed by atoms with Gasteiger partial charge in [-0.25, -0.2) is 0 Å². The summed E-state index contributed by atoms with van der Waals surface area (Å²) in [5.74, 6) is 1.00. The fraction of sp³-hybridized carbons (Fsp3) is 0.448. The number of carbonyl (C=O) groups is 2. The van der Waals surface area contributed by atoms with E-state index in [1.165, 1.54) is 5.56 Å². The number of fused-ring (bicyclic) bond motifs is 1. The van der Waals surface area contributed by atoms with Crippen LogP contribution < -0.4 is 0 Å². The average Bonchev–Trinajstić information content (AvgIpc) is 2.89. The van der Waals surface area contributed by atoms with Gasteiger partial charge in [0.15, 0.2) is 0 Å². The van der Waals surface area contributed by atoms with Gasteiger partial charge in [-0.2, -0.15) is 0 Å². The van der Waals surface area contributed by atoms with Gasteiger partial charge in [-0.05, 0) is 67.7 Å². The Balaban J connectivity index is 1.18. The number of thioether (sulfide) groups is 1. The van der Waals surface area contributed by atoms with Crippen molar-refractivity contribution in [2.45, 2.75) is 49.8 Å². The molecular weight excluding hydrogens is 476 g/mol. The van der Waals surface area contributed by atoms with Crippen molar-refractivity contribution in [3.05, 3.63) is 75.7 Å². The Morgan fingerprint density at radius 1 is 1.03 bits per heavy atom. The van der Waals surface area contributed by atoms with Crippen LogP contribution in [0.5, 0.6) is 0 Å². The molecule has 2 aliphatic heterocycles. The number of benzene rings is 2. The van der Waals surface area contributed by atoms with E-state index >= 15 is 0 Å². The minimum Gasteiger partial charge on any atom is -0.342 e. The molecule has 1 aliphatic carbocycles. The minimum absolute atomic E-state index is 0.0203. The molecule has 0 spiro atoms. The lowest BCUT2D eigenvalue weighted by Crippen LogP contribution is -2.53. The standard InChI is InChI=1S/C29H33ClN2O2S/c1-31-25-18-23(28(33)32-15-13-21(14-16-32)17-20-7-3-2-4-8-20)11-12-26(25)35-27(29(31)34)19-22-9-5-6-10-24(22)30/h2-10,19,21,23,25-26H,11-18H2,1H3/b27-19-. The van der Waals surface area contributed by atoms with Crippen LogP contribution in [-0.4, -0.2) is 53.0 Å². The summed E-state index contributed by atoms with van der Waals surface area (Å²) in [6, 6.07) is 18.4. The first-order chi connectivity index (χ1) is 17.0. The maximum absolute atomic E-state index is 13.4. The van der Waals surface area contributed by atoms with Gasteiger partial charge in [0.2, 0.25) is 5.91 Å². The Bertz CT molecular complexity index is 1100. The van der Waals surface area contributed by atoms with Gasteiger partial charge in [0.1, 0.15) is 0 Å². The van der Waals surface area contributed by atoms with Gasteiger partial charge in [-0.3, -0.25) is 9.59 Å². The highest BCUT2D eigenvalue weighted by molar-refractivity contribution is 8.04. The molecule has 4 nitrogen and oxygen atoms in total. The third-order valence-electron chi connectivity index (χ3n) is 7.90. The van der Waals surface area contributed by atoms with Crippen molar-refractivity contribution in [2.75, 3.05) is 20.1 Å². The first kappa shape index (κ1) is 24.5. The first-order valence-corrected chi connectivity index (χ1v) is 14.0. The van der Waals surface area contributed by atoms with Gasteiger partial charge < -0.3 is 9.80 Å². The molecule has 3 fully saturated rings. The highest BCUT2D eigenvalue weighted by atomic mass is 35.5. The number of hydrogen-bond donors (Lipinski definition) is 0. The molecule has 5 rings (SSSR count). The molecule has 0 radical (unpaired) electrons. The Morgan fingerprint density at radius 3 is 2.49 bits per heavy atom. The van der Waals surface area contributed by atoms with Crippen LogP contribution in [0.25, 0.3) is 6.08 Å². The average molecular weight is 509 g/mol. The molecule has 2 aromatic rings. The number of likely N-dealkylation sites (N-methyl/N-ethyl adjacent to an activating group) is 1. The quantitative estimate of drug-likeness (QED) is 0.482. The van der Waals surface area contributed by atoms with Crippen LogP contribution in [0, 0.1) is 11.8 Å². The molecule has 3 aliphatic rings. The van der Waals surface area contributed by atoms with Crippen molar-refractivity contribution in [3.8, 4) is 0 Å². The highest BCUT2D eigenvalue weighted by Gasteiger charge is 2.43. The summed E-state index contributed by atoms with van der Waals surface area (Å²) < 4.78 is 0. The monoisotopic (exact) mass is 508 g/mol. The van der Waals surface area contributed by atoms with Crippen LogP contribution in [0.3, 0.4) is 0 Å². The molecule has 0 aromatic heterocycles. The van der Waals surface area contributed by atoms with E-state index in [4.69, 9.17) is 11.6 Å². The zero-order valence-electron chi connectivity index (χ0n) is 20.2. The van der Waals surface area contributed by atoms with E-state index in [-0.39, 0.29) is 17.9 Å². The molecule has 0 bridgehead atoms. The van der Waals surface area contributed by atoms with Gasteiger partial charge in [-0.15, -0.1) is 11.8 Å². The number of halogens is 1. The van der Waals surface area contributed by atoms with Crippen LogP contribution in [0.15, 0.2) is 59.5 Å². The maximum Gasteiger partial charge on any atom is 0.260 e. The topological polar surface area (TPSA) is 40.6 Å². The number of hydrogen-bond acceptors (Lipinski definition) is 3. The molecule has 184 valence electrons. The third kappa shape index (κ3) is 5.46. The SMILES string of the molecule is CN1C(=O)/C(=C/c2ccccc2Cl)SC2CCC(C(=O)N3CCC(Cc4ccccc4)CC3)CC21. The second kappa shape index (κ2) is 10.8. The van der Waals surface area contributed by atoms with Crippen molar-refractivity contribution < 1.29 is 9.59 Å². The molecule has 2 saturated heterocycles. The van der Waals surface area contributed by atoms with Gasteiger partial charge in [0.25, 0.3) is 5.91 Å². The molecule has 2 heterocycles. The van der Waals surface area contributed by atoms with Crippen LogP contribution in [0.1, 0.15) is 43.2 Å². The molecule has 3 unspecified atom stereocenters. The Kier molecular flexibility index (Phi) is 7.54. The first-order valence-electron chi connectivity index (χ1n) is 12.7. The number of likely N-dealkylation sites (tertiary alicyclic amines) is 1. The van der Waals surface area contributed by atoms with E-state index in [2.05, 4.69) is 35.2 Å². The summed E-state index contributed by atoms with van der Waals surface area (Å²) in [4.78, 5) is 31.3. The molecule has 2 aromatic carbocycles. The van der Waals surface area contributed by atoms with Crippen molar-refractivity contribution in [3.63, 3.8) is 0 Å². The fourth-order valence-electron chi connectivity index (χ4n) is 5.82. The number of carbonyl (C=O) groups excluding carboxylic acids is 2. The Morgan fingerprint density at radius 2 is 1.74 bits per heavy atom. The number of piperidine rings is 1. The van der Waals surface area contributed by atoms with Crippen LogP contribution in [-0.2, 0) is 16.0 Å². The summed E-state index contributed by atoms with van der Waals surface area (Å²) in [6.07, 6.45) is 7.78. The molecule has 0 N–H and O–H groups in total. The molecule has 35 heavy (non-hydrogen) atoms. The second-order valence-electron chi connectivity index (χ2n) is 10.1. The zero-order chi connectivity index (χ0) is 24.4. The van der Waals surface area contributed by atoms with Crippen LogP contribution in [0.4, 0.5) is 0 Å². The number of amides is 2. The van der Waals surface area contributed by atoms with Crippen LogP contribution >= 0.6 is 23.4 Å². The van der Waals surface area contributed by atoms with E-state index in [9.17, 15) is 9.59 Å². The van der Waals surface area contributed by atoms with Gasteiger partial charge in [0.05, 0.1) is 4.91 Å². The summed E-state index contributed by atoms with van der Waals surface area (Å²) in [7, 11) is 1.89. The summed E-state index contributed by atoms with van der Waals surface area (Å²) in [5, 5.41) is 0.979. The minimum atomic E-state index is 0.0203. The second-order valence-corrected chi connectivity index (χ2v) is 11.8. The molecule has 3 atom stereocenters. The predicted molar refractivity (Wildman–Crippen MR) is 144 cm³/mol. The Hall–Kier alpha value is -2.24. The highest BCUT2D eigenvalue weighted by Crippen LogP contribution is 2.44. The van der Waals surface area contributed by atoms with Crippen molar-refractivity contribution in [2.24, 2.45) is 11.8 Å². The van der Waals surface area contributed by atoms with E-state index in [0.717, 1.165) is 62.1 Å². The lowest BCUT2D eigenvalue weighted by atomic mass is 9.82. The van der Waals surface area contributed by atoms with Crippen molar-refractivity contribution in [1.82, 2.24) is 9.80 Å². The van der Waals surface area contributed by atoms with Crippen LogP contribution in [0.2, 0.25) is 5.02 Å². The predicted octanol–water partition coefficient (Wildman–Crippen LogP) is 5.90. The molecular formula is C29H33ClN2O2S. The lowest BCUT2D eigenvalue weighted by molar-refractivity contribution is -0.140. The molecule has 1 saturated carbocycles. The van der Waals surface area contributed by atoms with E-state index in [0.29, 0.717) is 22.1 Å². The molecule has 2 amide bonds. The molecule has 6 heteroatoms. The van der Waals surface area contributed by atoms with Crippen molar-refractivity contribution in [1.29, 1.82) is 0 Å². The summed E-state index contributed by atoms with van der Waals surface area (Å²) >= 11 is 7.99. The lowest BCUT2D eigenvalue weighted by Gasteiger charge is -2.45. The fourth-order valence-corrected chi connectivity index (χ4v) is 7.48. The van der Waals surface area contributed by atoms with E-state index in [1.54, 1.807) is 11.8 Å². The third-order valence-corrected chi connectivity index (χ3v) is 9.64. The van der Waals surface area contributed by atoms with E-state index < -0.39 is 0 Å². The largest absolute Gasteiger partial charge is 0.342 e. The summed E-state index contributed by atoms with van der Waals surface area (Å²) in [6.45, 7) is 1.71. The summed E-state index contributed by atoms with van der Waals surface area (Å²) in [5.41, 5.74) is 2.26. The number of rotatable bonds is 4. The van der Waals surface area contributed by atoms with Crippen molar-refractivity contribution >= 4 is 41.3 Å². The van der Waals surface area contributed by atoms with E-state index in [1.807, 2.05) is 42.3 Å². The number of nitrogens with zero attached hydrogens (tertiary/aromatic N) is 2. The Labute approximate surface area is 217 Å². The smallest absolute Gasteiger partial charge is 0.260 e. The maximum atomic E-state index is 13.4. The van der Waals surface area contributed by atoms with Gasteiger partial charge in [-0.1, -0.05) is 60.1 Å². The zero-order valence-corrected chi connectivity index (χ0v) is 21.8. The normalized spacial score (nSPS) is 26.6. The van der Waals surface area contributed by atoms with Gasteiger partial charge >= 0.3 is 0 Å². The van der Waals surface area contributed by atoms with Gasteiger partial charge in [0, 0.05) is 42.4 Å².